The van der Waals surface area contributed by atoms with E-state index in [-0.39, 0.29) is 0 Å². The van der Waals surface area contributed by atoms with Crippen LogP contribution in [-0.2, 0) is 0 Å². The molecule has 0 bridgehead atoms. The summed E-state index contributed by atoms with van der Waals surface area (Å²) in [5, 5.41) is 3.85. The highest BCUT2D eigenvalue weighted by atomic mass is 15.3. The molecule has 0 aromatic carbocycles. The molecule has 0 aromatic rings. The summed E-state index contributed by atoms with van der Waals surface area (Å²) >= 11 is 0. The number of rotatable bonds is 4. The van der Waals surface area contributed by atoms with Gasteiger partial charge in [-0.05, 0) is 19.2 Å². The number of nitrogens with one attached hydrogen (secondary N) is 1. The monoisotopic (exact) mass is 153 g/mol. The van der Waals surface area contributed by atoms with Crippen LogP contribution in [0.4, 0.5) is 0 Å². The minimum atomic E-state index is 0.852. The van der Waals surface area contributed by atoms with E-state index < -0.39 is 0 Å². The molecule has 62 valence electrons. The molecule has 0 saturated carbocycles. The highest BCUT2D eigenvalue weighted by molar-refractivity contribution is 5.60. The number of hydrogen-bond donors (Lipinski definition) is 2. The maximum absolute atomic E-state index is 5.16. The molecule has 3 N–H and O–H groups in total. The van der Waals surface area contributed by atoms with Crippen molar-refractivity contribution in [2.75, 3.05) is 7.05 Å². The van der Waals surface area contributed by atoms with Gasteiger partial charge in [0.15, 0.2) is 0 Å². The van der Waals surface area contributed by atoms with Crippen LogP contribution in [0.2, 0.25) is 0 Å². The molecule has 0 aliphatic rings. The topological polar surface area (TPSA) is 50.4 Å². The van der Waals surface area contributed by atoms with Gasteiger partial charge in [-0.25, -0.2) is 0 Å². The highest BCUT2D eigenvalue weighted by Gasteiger charge is 1.81. The molecule has 3 heteroatoms. The van der Waals surface area contributed by atoms with E-state index in [1.165, 1.54) is 11.8 Å². The van der Waals surface area contributed by atoms with Crippen molar-refractivity contribution >= 4 is 6.21 Å². The fourth-order valence-electron chi connectivity index (χ4n) is 0.569. The van der Waals surface area contributed by atoms with Crippen LogP contribution >= 0.6 is 0 Å². The van der Waals surface area contributed by atoms with E-state index in [1.807, 2.05) is 25.3 Å². The van der Waals surface area contributed by atoms with Crippen molar-refractivity contribution in [3.8, 4) is 0 Å². The zero-order valence-corrected chi connectivity index (χ0v) is 7.04. The summed E-state index contributed by atoms with van der Waals surface area (Å²) in [6.45, 7) is 2.03. The number of hydrogen-bond acceptors (Lipinski definition) is 3. The van der Waals surface area contributed by atoms with Gasteiger partial charge in [0.2, 0.25) is 0 Å². The van der Waals surface area contributed by atoms with Crippen molar-refractivity contribution in [3.05, 3.63) is 23.9 Å². The maximum Gasteiger partial charge on any atom is 0.0283 e. The first kappa shape index (κ1) is 9.75. The molecule has 0 amide bonds. The lowest BCUT2D eigenvalue weighted by Gasteiger charge is -1.91. The maximum atomic E-state index is 5.16. The summed E-state index contributed by atoms with van der Waals surface area (Å²) in [6, 6.07) is 0. The Morgan fingerprint density at radius 1 is 1.64 bits per heavy atom. The van der Waals surface area contributed by atoms with Crippen LogP contribution in [-0.4, -0.2) is 13.3 Å². The quantitative estimate of drug-likeness (QED) is 0.359. The van der Waals surface area contributed by atoms with Crippen LogP contribution in [0.25, 0.3) is 0 Å². The molecule has 0 aliphatic carbocycles. The fraction of sp³-hybridized carbons (Fsp3) is 0.375. The van der Waals surface area contributed by atoms with Gasteiger partial charge in [0, 0.05) is 19.7 Å². The molecule has 0 radical (unpaired) electrons. The Kier molecular flexibility index (Phi) is 6.08. The Labute approximate surface area is 67.7 Å². The molecule has 0 unspecified atom stereocenters. The molecule has 0 atom stereocenters. The van der Waals surface area contributed by atoms with Gasteiger partial charge in [-0.2, -0.15) is 5.10 Å². The van der Waals surface area contributed by atoms with E-state index in [0.717, 1.165) is 6.42 Å². The zero-order valence-electron chi connectivity index (χ0n) is 7.04. The van der Waals surface area contributed by atoms with Gasteiger partial charge in [0.05, 0.1) is 0 Å². The summed E-state index contributed by atoms with van der Waals surface area (Å²) in [4.78, 5) is 0. The summed E-state index contributed by atoms with van der Waals surface area (Å²) in [6.07, 6.45) is 7.95. The van der Waals surface area contributed by atoms with Gasteiger partial charge < -0.3 is 11.2 Å². The first-order chi connectivity index (χ1) is 5.31. The zero-order chi connectivity index (χ0) is 8.53. The molecular weight excluding hydrogens is 138 g/mol. The van der Waals surface area contributed by atoms with E-state index in [1.54, 1.807) is 7.05 Å². The third-order valence-electron chi connectivity index (χ3n) is 1.13. The van der Waals surface area contributed by atoms with Crippen LogP contribution in [0, 0.1) is 0 Å². The minimum Gasteiger partial charge on any atom is -0.405 e. The number of nitrogens with two attached hydrogens (primary N) is 1. The Hall–Kier alpha value is -1.25. The third kappa shape index (κ3) is 6.64. The van der Waals surface area contributed by atoms with Gasteiger partial charge in [0.25, 0.3) is 0 Å². The summed E-state index contributed by atoms with van der Waals surface area (Å²) in [5.41, 5.74) is 9.07. The number of allylic oxidation sites excluding steroid dienone is 3. The number of hydrazone groups is 1. The summed E-state index contributed by atoms with van der Waals surface area (Å²) < 4.78 is 0. The second-order valence-electron chi connectivity index (χ2n) is 2.14. The van der Waals surface area contributed by atoms with Gasteiger partial charge in [-0.1, -0.05) is 11.6 Å². The van der Waals surface area contributed by atoms with Crippen molar-refractivity contribution in [1.82, 2.24) is 5.43 Å². The fourth-order valence-corrected chi connectivity index (χ4v) is 0.569. The van der Waals surface area contributed by atoms with E-state index >= 15 is 0 Å². The lowest BCUT2D eigenvalue weighted by atomic mass is 10.2. The molecule has 0 rings (SSSR count). The molecule has 0 heterocycles. The predicted octanol–water partition coefficient (Wildman–Crippen LogP) is 1.00. The van der Waals surface area contributed by atoms with Crippen molar-refractivity contribution in [3.63, 3.8) is 0 Å². The van der Waals surface area contributed by atoms with Crippen LogP contribution in [0.1, 0.15) is 13.3 Å². The van der Waals surface area contributed by atoms with E-state index in [9.17, 15) is 0 Å². The molecule has 3 nitrogen and oxygen atoms in total. The lowest BCUT2D eigenvalue weighted by molar-refractivity contribution is 0.902. The van der Waals surface area contributed by atoms with E-state index in [0.29, 0.717) is 0 Å². The van der Waals surface area contributed by atoms with Crippen LogP contribution < -0.4 is 11.2 Å². The summed E-state index contributed by atoms with van der Waals surface area (Å²) in [5.74, 6) is 0. The molecule has 0 aromatic heterocycles. The molecule has 0 spiro atoms. The van der Waals surface area contributed by atoms with Crippen molar-refractivity contribution in [2.45, 2.75) is 13.3 Å². The van der Waals surface area contributed by atoms with Gasteiger partial charge >= 0.3 is 0 Å². The van der Waals surface area contributed by atoms with Crippen molar-refractivity contribution < 1.29 is 0 Å². The first-order valence-corrected chi connectivity index (χ1v) is 3.53. The second kappa shape index (κ2) is 6.86. The SMILES string of the molecule is CNN=CC/C(C)=C/C=C\N. The molecule has 0 fully saturated rings. The van der Waals surface area contributed by atoms with Crippen LogP contribution in [0.15, 0.2) is 29.0 Å². The summed E-state index contributed by atoms with van der Waals surface area (Å²) in [7, 11) is 1.77. The van der Waals surface area contributed by atoms with Crippen molar-refractivity contribution in [1.29, 1.82) is 0 Å². The van der Waals surface area contributed by atoms with Crippen molar-refractivity contribution in [2.24, 2.45) is 10.8 Å². The lowest BCUT2D eigenvalue weighted by Crippen LogP contribution is -1.93. The van der Waals surface area contributed by atoms with Crippen LogP contribution in [0.3, 0.4) is 0 Å². The van der Waals surface area contributed by atoms with Gasteiger partial charge in [0.1, 0.15) is 0 Å². The molecule has 0 saturated heterocycles. The second-order valence-corrected chi connectivity index (χ2v) is 2.14. The molecule has 11 heavy (non-hydrogen) atoms. The normalized spacial score (nSPS) is 13.1. The molecule has 0 aliphatic heterocycles. The smallest absolute Gasteiger partial charge is 0.0283 e. The minimum absolute atomic E-state index is 0.852. The largest absolute Gasteiger partial charge is 0.405 e. The van der Waals surface area contributed by atoms with Crippen LogP contribution in [0.5, 0.6) is 0 Å². The number of nitrogens with zero attached hydrogens (tertiary/aromatic N) is 1. The molecular formula is C8H15N3. The standard InChI is InChI=1S/C8H15N3/c1-8(4-3-6-9)5-7-11-10-2/h3-4,6-7,10H,5,9H2,1-2H3/b6-3-,8-4+,11-7?. The Balaban J connectivity index is 3.67. The van der Waals surface area contributed by atoms with Gasteiger partial charge in [-0.15, -0.1) is 0 Å². The Morgan fingerprint density at radius 3 is 2.91 bits per heavy atom. The Morgan fingerprint density at radius 2 is 2.36 bits per heavy atom. The van der Waals surface area contributed by atoms with E-state index in [4.69, 9.17) is 5.73 Å². The highest BCUT2D eigenvalue weighted by Crippen LogP contribution is 1.95. The average molecular weight is 153 g/mol. The predicted molar refractivity (Wildman–Crippen MR) is 49.3 cm³/mol. The van der Waals surface area contributed by atoms with E-state index in [2.05, 4.69) is 10.5 Å². The third-order valence-corrected chi connectivity index (χ3v) is 1.13. The average Bonchev–Trinajstić information content (AvgIpc) is 2.01. The first-order valence-electron chi connectivity index (χ1n) is 3.53. The Bertz CT molecular complexity index is 168. The van der Waals surface area contributed by atoms with Gasteiger partial charge in [-0.3, -0.25) is 0 Å².